The summed E-state index contributed by atoms with van der Waals surface area (Å²) in [7, 11) is 2.10. The van der Waals surface area contributed by atoms with Crippen molar-refractivity contribution in [3.05, 3.63) is 47.2 Å². The minimum absolute atomic E-state index is 0.390. The van der Waals surface area contributed by atoms with Gasteiger partial charge in [-0.05, 0) is 42.7 Å². The number of carboxylic acids is 1. The Hall–Kier alpha value is -2.07. The molecule has 2 atom stereocenters. The highest BCUT2D eigenvalue weighted by atomic mass is 16.4. The van der Waals surface area contributed by atoms with Gasteiger partial charge in [-0.15, -0.1) is 0 Å². The Bertz CT molecular complexity index is 759. The van der Waals surface area contributed by atoms with Crippen LogP contribution >= 0.6 is 0 Å². The molecule has 1 fully saturated rings. The zero-order chi connectivity index (χ0) is 14.6. The minimum atomic E-state index is -0.840. The summed E-state index contributed by atoms with van der Waals surface area (Å²) in [5.41, 5.74) is 4.96. The SMILES string of the molecule is CN1CC(=CC(=O)O)C[C@@H]2c3cccc4[nH]cc(c34)C[C@H]21. The number of rotatable bonds is 1. The number of hydrogen-bond donors (Lipinski definition) is 2. The topological polar surface area (TPSA) is 56.3 Å². The number of nitrogens with zero attached hydrogens (tertiary/aromatic N) is 1. The quantitative estimate of drug-likeness (QED) is 0.790. The Labute approximate surface area is 123 Å². The van der Waals surface area contributed by atoms with Crippen molar-refractivity contribution in [2.45, 2.75) is 24.8 Å². The van der Waals surface area contributed by atoms with Gasteiger partial charge in [0, 0.05) is 41.7 Å². The Morgan fingerprint density at radius 1 is 1.43 bits per heavy atom. The molecule has 2 N–H and O–H groups in total. The third-order valence-corrected chi connectivity index (χ3v) is 4.94. The summed E-state index contributed by atoms with van der Waals surface area (Å²) >= 11 is 0. The first-order chi connectivity index (χ1) is 10.1. The number of hydrogen-bond acceptors (Lipinski definition) is 2. The van der Waals surface area contributed by atoms with Crippen LogP contribution in [0.25, 0.3) is 10.9 Å². The van der Waals surface area contributed by atoms with E-state index in [1.165, 1.54) is 28.1 Å². The molecule has 4 rings (SSSR count). The monoisotopic (exact) mass is 282 g/mol. The van der Waals surface area contributed by atoms with Gasteiger partial charge in [0.15, 0.2) is 0 Å². The molecule has 0 radical (unpaired) electrons. The number of benzene rings is 1. The molecule has 4 heteroatoms. The van der Waals surface area contributed by atoms with Crippen molar-refractivity contribution in [3.8, 4) is 0 Å². The number of carboxylic acid groups (broad SMARTS) is 1. The molecule has 0 saturated carbocycles. The fraction of sp³-hybridized carbons (Fsp3) is 0.353. The van der Waals surface area contributed by atoms with E-state index in [1.807, 2.05) is 0 Å². The van der Waals surface area contributed by atoms with Crippen LogP contribution in [0.3, 0.4) is 0 Å². The lowest BCUT2D eigenvalue weighted by atomic mass is 9.74. The number of aromatic amines is 1. The lowest BCUT2D eigenvalue weighted by molar-refractivity contribution is -0.131. The van der Waals surface area contributed by atoms with E-state index in [0.29, 0.717) is 12.0 Å². The summed E-state index contributed by atoms with van der Waals surface area (Å²) in [4.78, 5) is 16.6. The van der Waals surface area contributed by atoms with Crippen LogP contribution in [0.4, 0.5) is 0 Å². The summed E-state index contributed by atoms with van der Waals surface area (Å²) in [6, 6.07) is 6.87. The molecule has 2 heterocycles. The molecule has 0 amide bonds. The van der Waals surface area contributed by atoms with Gasteiger partial charge in [-0.1, -0.05) is 12.1 Å². The average molecular weight is 282 g/mol. The standard InChI is InChI=1S/C17H18N2O2/c1-19-9-10(6-16(20)21)5-13-12-3-2-4-14-17(12)11(8-18-14)7-15(13)19/h2-4,6,8,13,15,18H,5,7,9H2,1H3,(H,20,21)/t13-,15-/m1/s1. The van der Waals surface area contributed by atoms with Gasteiger partial charge in [0.05, 0.1) is 0 Å². The van der Waals surface area contributed by atoms with E-state index in [4.69, 9.17) is 5.11 Å². The molecule has 108 valence electrons. The van der Waals surface area contributed by atoms with E-state index in [1.54, 1.807) is 0 Å². The van der Waals surface area contributed by atoms with E-state index < -0.39 is 5.97 Å². The number of likely N-dealkylation sites (tertiary alicyclic amines) is 1. The molecular formula is C17H18N2O2. The highest BCUT2D eigenvalue weighted by molar-refractivity contribution is 5.88. The van der Waals surface area contributed by atoms with Gasteiger partial charge in [-0.2, -0.15) is 0 Å². The first kappa shape index (κ1) is 12.7. The summed E-state index contributed by atoms with van der Waals surface area (Å²) < 4.78 is 0. The van der Waals surface area contributed by atoms with Gasteiger partial charge in [-0.3, -0.25) is 4.90 Å². The maximum atomic E-state index is 11.0. The van der Waals surface area contributed by atoms with E-state index in [9.17, 15) is 4.79 Å². The van der Waals surface area contributed by atoms with E-state index in [2.05, 4.69) is 41.3 Å². The Balaban J connectivity index is 1.83. The van der Waals surface area contributed by atoms with Crippen LogP contribution in [-0.2, 0) is 11.2 Å². The van der Waals surface area contributed by atoms with Gasteiger partial charge in [0.2, 0.25) is 0 Å². The molecule has 0 bridgehead atoms. The minimum Gasteiger partial charge on any atom is -0.478 e. The average Bonchev–Trinajstić information content (AvgIpc) is 2.84. The lowest BCUT2D eigenvalue weighted by Crippen LogP contribution is -2.45. The number of likely N-dealkylation sites (N-methyl/N-ethyl adjacent to an activating group) is 1. The van der Waals surface area contributed by atoms with Crippen molar-refractivity contribution >= 4 is 16.9 Å². The molecule has 0 spiro atoms. The number of carbonyl (C=O) groups is 1. The predicted molar refractivity (Wildman–Crippen MR) is 81.5 cm³/mol. The Morgan fingerprint density at radius 3 is 3.10 bits per heavy atom. The van der Waals surface area contributed by atoms with E-state index in [0.717, 1.165) is 25.0 Å². The number of piperidine rings is 1. The maximum absolute atomic E-state index is 11.0. The summed E-state index contributed by atoms with van der Waals surface area (Å²) in [6.45, 7) is 0.753. The van der Waals surface area contributed by atoms with Crippen molar-refractivity contribution in [2.75, 3.05) is 13.6 Å². The highest BCUT2D eigenvalue weighted by Gasteiger charge is 2.37. The van der Waals surface area contributed by atoms with E-state index >= 15 is 0 Å². The predicted octanol–water partition coefficient (Wildman–Crippen LogP) is 2.52. The molecular weight excluding hydrogens is 264 g/mol. The van der Waals surface area contributed by atoms with Crippen LogP contribution in [0.5, 0.6) is 0 Å². The number of fused-ring (bicyclic) bond motifs is 2. The van der Waals surface area contributed by atoms with Crippen molar-refractivity contribution in [1.82, 2.24) is 9.88 Å². The normalized spacial score (nSPS) is 27.0. The third kappa shape index (κ3) is 1.90. The van der Waals surface area contributed by atoms with Gasteiger partial charge < -0.3 is 10.1 Å². The number of nitrogens with one attached hydrogen (secondary N) is 1. The highest BCUT2D eigenvalue weighted by Crippen LogP contribution is 2.43. The van der Waals surface area contributed by atoms with Crippen LogP contribution in [0, 0.1) is 0 Å². The van der Waals surface area contributed by atoms with Crippen LogP contribution in [-0.4, -0.2) is 40.6 Å². The Kier molecular flexibility index (Phi) is 2.69. The molecule has 4 nitrogen and oxygen atoms in total. The lowest BCUT2D eigenvalue weighted by Gasteiger charge is -2.43. The Morgan fingerprint density at radius 2 is 2.29 bits per heavy atom. The van der Waals surface area contributed by atoms with Crippen molar-refractivity contribution in [2.24, 2.45) is 0 Å². The second-order valence-electron chi connectivity index (χ2n) is 6.22. The maximum Gasteiger partial charge on any atom is 0.328 e. The largest absolute Gasteiger partial charge is 0.478 e. The number of H-pyrrole nitrogens is 1. The van der Waals surface area contributed by atoms with E-state index in [-0.39, 0.29) is 0 Å². The molecule has 1 aromatic heterocycles. The molecule has 2 aromatic rings. The second-order valence-corrected chi connectivity index (χ2v) is 6.22. The molecule has 1 aliphatic heterocycles. The summed E-state index contributed by atoms with van der Waals surface area (Å²) in [5, 5.41) is 10.4. The zero-order valence-corrected chi connectivity index (χ0v) is 12.0. The fourth-order valence-electron chi connectivity index (χ4n) is 4.10. The van der Waals surface area contributed by atoms with Crippen LogP contribution in [0.1, 0.15) is 23.5 Å². The molecule has 0 unspecified atom stereocenters. The van der Waals surface area contributed by atoms with Gasteiger partial charge in [-0.25, -0.2) is 4.79 Å². The number of aromatic nitrogens is 1. The van der Waals surface area contributed by atoms with Crippen LogP contribution in [0.15, 0.2) is 36.0 Å². The summed E-state index contributed by atoms with van der Waals surface area (Å²) in [5.74, 6) is -0.449. The number of aliphatic carboxylic acids is 1. The van der Waals surface area contributed by atoms with Crippen molar-refractivity contribution in [3.63, 3.8) is 0 Å². The molecule has 1 saturated heterocycles. The molecule has 1 aliphatic carbocycles. The second kappa shape index (κ2) is 4.46. The molecule has 1 aromatic carbocycles. The smallest absolute Gasteiger partial charge is 0.328 e. The van der Waals surface area contributed by atoms with Gasteiger partial charge >= 0.3 is 5.97 Å². The van der Waals surface area contributed by atoms with Crippen LogP contribution in [0.2, 0.25) is 0 Å². The van der Waals surface area contributed by atoms with Crippen molar-refractivity contribution < 1.29 is 9.90 Å². The first-order valence-corrected chi connectivity index (χ1v) is 7.35. The van der Waals surface area contributed by atoms with Gasteiger partial charge in [0.1, 0.15) is 0 Å². The van der Waals surface area contributed by atoms with Gasteiger partial charge in [0.25, 0.3) is 0 Å². The summed E-state index contributed by atoms with van der Waals surface area (Å²) in [6.07, 6.45) is 5.41. The zero-order valence-electron chi connectivity index (χ0n) is 12.0. The molecule has 21 heavy (non-hydrogen) atoms. The van der Waals surface area contributed by atoms with Crippen molar-refractivity contribution in [1.29, 1.82) is 0 Å². The fourth-order valence-corrected chi connectivity index (χ4v) is 4.10. The first-order valence-electron chi connectivity index (χ1n) is 7.35. The third-order valence-electron chi connectivity index (χ3n) is 4.94. The molecule has 2 aliphatic rings. The van der Waals surface area contributed by atoms with Crippen LogP contribution < -0.4 is 0 Å².